The van der Waals surface area contributed by atoms with Crippen molar-refractivity contribution in [1.29, 1.82) is 0 Å². The molecule has 0 spiro atoms. The number of pyridine rings is 1. The number of nitrogens with two attached hydrogens (primary N) is 1. The number of carbonyl (C=O) groups is 1. The predicted octanol–water partition coefficient (Wildman–Crippen LogP) is 1.48. The second kappa shape index (κ2) is 6.45. The molecule has 0 radical (unpaired) electrons. The number of rotatable bonds is 5. The van der Waals surface area contributed by atoms with E-state index in [4.69, 9.17) is 17.3 Å². The third kappa shape index (κ3) is 4.16. The van der Waals surface area contributed by atoms with Gasteiger partial charge in [-0.2, -0.15) is 0 Å². The molecule has 3 N–H and O–H groups in total. The second-order valence-corrected chi connectivity index (χ2v) is 4.02. The average molecular weight is 242 g/mol. The maximum atomic E-state index is 11.5. The zero-order valence-electron chi connectivity index (χ0n) is 9.24. The lowest BCUT2D eigenvalue weighted by atomic mass is 10.1. The molecule has 1 aromatic heterocycles. The molecule has 88 valence electrons. The van der Waals surface area contributed by atoms with E-state index in [0.29, 0.717) is 18.0 Å². The first-order valence-electron chi connectivity index (χ1n) is 5.27. The quantitative estimate of drug-likeness (QED) is 0.821. The van der Waals surface area contributed by atoms with Crippen LogP contribution in [0.5, 0.6) is 0 Å². The Balaban J connectivity index is 2.39. The first-order valence-corrected chi connectivity index (χ1v) is 5.65. The zero-order valence-corrected chi connectivity index (χ0v) is 10.00. The molecule has 0 aliphatic rings. The van der Waals surface area contributed by atoms with Gasteiger partial charge in [-0.3, -0.25) is 9.78 Å². The van der Waals surface area contributed by atoms with Crippen molar-refractivity contribution in [2.45, 2.75) is 32.4 Å². The minimum Gasteiger partial charge on any atom is -0.349 e. The lowest BCUT2D eigenvalue weighted by Gasteiger charge is -2.10. The number of hydrogen-bond acceptors (Lipinski definition) is 3. The molecule has 1 heterocycles. The van der Waals surface area contributed by atoms with Crippen molar-refractivity contribution < 1.29 is 4.79 Å². The van der Waals surface area contributed by atoms with Crippen molar-refractivity contribution >= 4 is 17.5 Å². The van der Waals surface area contributed by atoms with Crippen LogP contribution < -0.4 is 11.1 Å². The van der Waals surface area contributed by atoms with E-state index in [1.54, 1.807) is 18.3 Å². The van der Waals surface area contributed by atoms with Crippen LogP contribution in [0, 0.1) is 0 Å². The van der Waals surface area contributed by atoms with Crippen LogP contribution in [-0.2, 0) is 11.3 Å². The molecule has 0 aliphatic heterocycles. The number of carbonyl (C=O) groups excluding carboxylic acids is 1. The van der Waals surface area contributed by atoms with Crippen LogP contribution >= 0.6 is 11.6 Å². The molecule has 1 amide bonds. The Labute approximate surface area is 100 Å². The highest BCUT2D eigenvalue weighted by Gasteiger charge is 2.11. The largest absolute Gasteiger partial charge is 0.349 e. The SMILES string of the molecule is CCCC(N)C(=O)NCc1ccc(Cl)cn1. The van der Waals surface area contributed by atoms with Crippen LogP contribution in [0.25, 0.3) is 0 Å². The lowest BCUT2D eigenvalue weighted by Crippen LogP contribution is -2.40. The van der Waals surface area contributed by atoms with Crippen molar-refractivity contribution in [3.05, 3.63) is 29.0 Å². The van der Waals surface area contributed by atoms with Crippen LogP contribution in [0.15, 0.2) is 18.3 Å². The van der Waals surface area contributed by atoms with Crippen LogP contribution in [0.1, 0.15) is 25.5 Å². The van der Waals surface area contributed by atoms with E-state index in [1.807, 2.05) is 6.92 Å². The molecular weight excluding hydrogens is 226 g/mol. The van der Waals surface area contributed by atoms with Crippen LogP contribution in [0.2, 0.25) is 5.02 Å². The van der Waals surface area contributed by atoms with Gasteiger partial charge in [0.25, 0.3) is 0 Å². The molecule has 0 saturated carbocycles. The van der Waals surface area contributed by atoms with E-state index in [-0.39, 0.29) is 5.91 Å². The summed E-state index contributed by atoms with van der Waals surface area (Å²) in [6, 6.07) is 3.08. The van der Waals surface area contributed by atoms with E-state index in [0.717, 1.165) is 12.1 Å². The number of aromatic nitrogens is 1. The molecular formula is C11H16ClN3O. The highest BCUT2D eigenvalue weighted by Crippen LogP contribution is 2.05. The third-order valence-corrected chi connectivity index (χ3v) is 2.39. The first kappa shape index (κ1) is 12.9. The molecule has 0 aromatic carbocycles. The lowest BCUT2D eigenvalue weighted by molar-refractivity contribution is -0.122. The summed E-state index contributed by atoms with van der Waals surface area (Å²) >= 11 is 5.70. The molecule has 1 aromatic rings. The number of nitrogens with zero attached hydrogens (tertiary/aromatic N) is 1. The van der Waals surface area contributed by atoms with Crippen molar-refractivity contribution in [1.82, 2.24) is 10.3 Å². The summed E-state index contributed by atoms with van der Waals surface area (Å²) in [4.78, 5) is 15.6. The smallest absolute Gasteiger partial charge is 0.237 e. The summed E-state index contributed by atoms with van der Waals surface area (Å²) in [6.07, 6.45) is 3.14. The standard InChI is InChI=1S/C11H16ClN3O/c1-2-3-10(13)11(16)15-7-9-5-4-8(12)6-14-9/h4-6,10H,2-3,7,13H2,1H3,(H,15,16). The Hall–Kier alpha value is -1.13. The fourth-order valence-corrected chi connectivity index (χ4v) is 1.37. The highest BCUT2D eigenvalue weighted by molar-refractivity contribution is 6.30. The monoisotopic (exact) mass is 241 g/mol. The van der Waals surface area contributed by atoms with Crippen LogP contribution in [0.4, 0.5) is 0 Å². The second-order valence-electron chi connectivity index (χ2n) is 3.58. The van der Waals surface area contributed by atoms with Gasteiger partial charge >= 0.3 is 0 Å². The minimum absolute atomic E-state index is 0.140. The molecule has 5 heteroatoms. The molecule has 1 atom stereocenters. The number of halogens is 1. The number of nitrogens with one attached hydrogen (secondary N) is 1. The maximum absolute atomic E-state index is 11.5. The fourth-order valence-electron chi connectivity index (χ4n) is 1.26. The molecule has 4 nitrogen and oxygen atoms in total. The summed E-state index contributed by atoms with van der Waals surface area (Å²) in [5, 5.41) is 3.31. The summed E-state index contributed by atoms with van der Waals surface area (Å²) < 4.78 is 0. The number of hydrogen-bond donors (Lipinski definition) is 2. The molecule has 1 unspecified atom stereocenters. The van der Waals surface area contributed by atoms with Crippen molar-refractivity contribution in [3.8, 4) is 0 Å². The molecule has 0 saturated heterocycles. The first-order chi connectivity index (χ1) is 7.63. The van der Waals surface area contributed by atoms with Crippen LogP contribution in [0.3, 0.4) is 0 Å². The third-order valence-electron chi connectivity index (χ3n) is 2.17. The van der Waals surface area contributed by atoms with Gasteiger partial charge in [-0.1, -0.05) is 24.9 Å². The van der Waals surface area contributed by atoms with Gasteiger partial charge in [-0.25, -0.2) is 0 Å². The van der Waals surface area contributed by atoms with Crippen molar-refractivity contribution in [2.75, 3.05) is 0 Å². The maximum Gasteiger partial charge on any atom is 0.237 e. The Morgan fingerprint density at radius 2 is 2.38 bits per heavy atom. The Bertz CT molecular complexity index is 340. The number of amides is 1. The average Bonchev–Trinajstić information content (AvgIpc) is 2.28. The fraction of sp³-hybridized carbons (Fsp3) is 0.455. The molecule has 0 aliphatic carbocycles. The Kier molecular flexibility index (Phi) is 5.22. The normalized spacial score (nSPS) is 12.2. The van der Waals surface area contributed by atoms with E-state index in [9.17, 15) is 4.79 Å². The zero-order chi connectivity index (χ0) is 12.0. The molecule has 0 bridgehead atoms. The molecule has 0 fully saturated rings. The van der Waals surface area contributed by atoms with Crippen molar-refractivity contribution in [2.24, 2.45) is 5.73 Å². The van der Waals surface area contributed by atoms with Gasteiger partial charge in [0, 0.05) is 6.20 Å². The predicted molar refractivity (Wildman–Crippen MR) is 64.0 cm³/mol. The summed E-state index contributed by atoms with van der Waals surface area (Å²) in [7, 11) is 0. The summed E-state index contributed by atoms with van der Waals surface area (Å²) in [5.74, 6) is -0.140. The van der Waals surface area contributed by atoms with Gasteiger partial charge in [-0.05, 0) is 18.6 Å². The Morgan fingerprint density at radius 1 is 1.62 bits per heavy atom. The van der Waals surface area contributed by atoms with Gasteiger partial charge in [0.1, 0.15) is 0 Å². The van der Waals surface area contributed by atoms with E-state index < -0.39 is 6.04 Å². The minimum atomic E-state index is -0.433. The van der Waals surface area contributed by atoms with Gasteiger partial charge < -0.3 is 11.1 Å². The van der Waals surface area contributed by atoms with Crippen molar-refractivity contribution in [3.63, 3.8) is 0 Å². The van der Waals surface area contributed by atoms with Gasteiger partial charge in [-0.15, -0.1) is 0 Å². The summed E-state index contributed by atoms with van der Waals surface area (Å²) in [5.41, 5.74) is 6.43. The Morgan fingerprint density at radius 3 is 2.94 bits per heavy atom. The topological polar surface area (TPSA) is 68.0 Å². The van der Waals surface area contributed by atoms with Crippen LogP contribution in [-0.4, -0.2) is 16.9 Å². The summed E-state index contributed by atoms with van der Waals surface area (Å²) in [6.45, 7) is 2.38. The highest BCUT2D eigenvalue weighted by atomic mass is 35.5. The van der Waals surface area contributed by atoms with Gasteiger partial charge in [0.2, 0.25) is 5.91 Å². The van der Waals surface area contributed by atoms with Gasteiger partial charge in [0.05, 0.1) is 23.3 Å². The molecule has 16 heavy (non-hydrogen) atoms. The molecule has 1 rings (SSSR count). The van der Waals surface area contributed by atoms with E-state index in [2.05, 4.69) is 10.3 Å². The van der Waals surface area contributed by atoms with E-state index in [1.165, 1.54) is 0 Å². The van der Waals surface area contributed by atoms with Gasteiger partial charge in [0.15, 0.2) is 0 Å². The van der Waals surface area contributed by atoms with E-state index >= 15 is 0 Å².